The van der Waals surface area contributed by atoms with Gasteiger partial charge >= 0.3 is 0 Å². The summed E-state index contributed by atoms with van der Waals surface area (Å²) in [6.07, 6.45) is 4.47. The van der Waals surface area contributed by atoms with Crippen molar-refractivity contribution in [1.82, 2.24) is 20.3 Å². The Hall–Kier alpha value is -0.900. The van der Waals surface area contributed by atoms with Crippen LogP contribution in [0.3, 0.4) is 0 Å². The van der Waals surface area contributed by atoms with Gasteiger partial charge in [-0.3, -0.25) is 0 Å². The van der Waals surface area contributed by atoms with Crippen LogP contribution >= 0.6 is 0 Å². The lowest BCUT2D eigenvalue weighted by molar-refractivity contribution is 0.107. The zero-order valence-electron chi connectivity index (χ0n) is 9.82. The van der Waals surface area contributed by atoms with Crippen LogP contribution in [0.25, 0.3) is 0 Å². The summed E-state index contributed by atoms with van der Waals surface area (Å²) >= 11 is 0. The fourth-order valence-electron chi connectivity index (χ4n) is 2.15. The molecule has 1 aromatic heterocycles. The van der Waals surface area contributed by atoms with E-state index in [1.807, 2.05) is 10.9 Å². The third kappa shape index (κ3) is 2.04. The predicted molar refractivity (Wildman–Crippen MR) is 59.3 cm³/mol. The summed E-state index contributed by atoms with van der Waals surface area (Å²) in [5.74, 6) is 0. The molecule has 1 atom stereocenters. The minimum absolute atomic E-state index is 0.463. The molecule has 1 aliphatic rings. The molecule has 84 valence electrons. The number of nitrogens with one attached hydrogen (secondary N) is 1. The molecule has 1 fully saturated rings. The van der Waals surface area contributed by atoms with E-state index in [4.69, 9.17) is 0 Å². The highest BCUT2D eigenvalue weighted by atomic mass is 15.4. The predicted octanol–water partition coefficient (Wildman–Crippen LogP) is 1.58. The van der Waals surface area contributed by atoms with Crippen molar-refractivity contribution in [3.05, 3.63) is 11.9 Å². The summed E-state index contributed by atoms with van der Waals surface area (Å²) in [7, 11) is 0. The smallest absolute Gasteiger partial charge is 0.0738 e. The fraction of sp³-hybridized carbons (Fsp3) is 0.818. The second-order valence-corrected chi connectivity index (χ2v) is 5.00. The first-order chi connectivity index (χ1) is 7.13. The Balaban J connectivity index is 1.88. The van der Waals surface area contributed by atoms with Crippen LogP contribution in [0, 0.1) is 5.41 Å². The minimum atomic E-state index is 0.463. The molecule has 0 spiro atoms. The van der Waals surface area contributed by atoms with E-state index in [2.05, 4.69) is 36.4 Å². The lowest BCUT2D eigenvalue weighted by Crippen LogP contribution is -2.49. The van der Waals surface area contributed by atoms with Crippen LogP contribution < -0.4 is 5.32 Å². The van der Waals surface area contributed by atoms with Crippen LogP contribution in [0.2, 0.25) is 0 Å². The molecule has 1 aromatic rings. The maximum atomic E-state index is 4.02. The Labute approximate surface area is 91.1 Å². The summed E-state index contributed by atoms with van der Waals surface area (Å²) in [4.78, 5) is 0. The van der Waals surface area contributed by atoms with Crippen LogP contribution in [-0.4, -0.2) is 21.0 Å². The Morgan fingerprint density at radius 1 is 1.60 bits per heavy atom. The van der Waals surface area contributed by atoms with Crippen molar-refractivity contribution < 1.29 is 0 Å². The maximum absolute atomic E-state index is 4.02. The van der Waals surface area contributed by atoms with Gasteiger partial charge in [0.25, 0.3) is 0 Å². The van der Waals surface area contributed by atoms with E-state index in [1.165, 1.54) is 18.5 Å². The van der Waals surface area contributed by atoms with E-state index in [0.29, 0.717) is 11.5 Å². The van der Waals surface area contributed by atoms with Crippen LogP contribution in [0.5, 0.6) is 0 Å². The quantitative estimate of drug-likeness (QED) is 0.817. The molecule has 1 heterocycles. The molecule has 2 rings (SSSR count). The van der Waals surface area contributed by atoms with Gasteiger partial charge in [-0.1, -0.05) is 19.1 Å². The van der Waals surface area contributed by atoms with Crippen molar-refractivity contribution in [3.8, 4) is 0 Å². The molecule has 1 unspecified atom stereocenters. The van der Waals surface area contributed by atoms with Gasteiger partial charge in [0.05, 0.1) is 11.9 Å². The van der Waals surface area contributed by atoms with E-state index in [0.717, 1.165) is 13.1 Å². The van der Waals surface area contributed by atoms with Crippen LogP contribution in [0.4, 0.5) is 0 Å². The van der Waals surface area contributed by atoms with E-state index < -0.39 is 0 Å². The molecular formula is C11H20N4. The number of aryl methyl sites for hydroxylation is 1. The van der Waals surface area contributed by atoms with Crippen molar-refractivity contribution in [2.24, 2.45) is 5.41 Å². The summed E-state index contributed by atoms with van der Waals surface area (Å²) in [5, 5.41) is 11.5. The Morgan fingerprint density at radius 2 is 2.40 bits per heavy atom. The summed E-state index contributed by atoms with van der Waals surface area (Å²) < 4.78 is 1.94. The molecule has 0 amide bonds. The summed E-state index contributed by atoms with van der Waals surface area (Å²) in [5.41, 5.74) is 1.64. The largest absolute Gasteiger partial charge is 0.308 e. The first kappa shape index (κ1) is 10.6. The fourth-order valence-corrected chi connectivity index (χ4v) is 2.15. The highest BCUT2D eigenvalue weighted by Gasteiger charge is 2.37. The number of aromatic nitrogens is 3. The number of hydrogen-bond acceptors (Lipinski definition) is 3. The normalized spacial score (nSPS) is 23.8. The lowest BCUT2D eigenvalue weighted by Gasteiger charge is -2.45. The molecule has 0 radical (unpaired) electrons. The van der Waals surface area contributed by atoms with Gasteiger partial charge in [0.2, 0.25) is 0 Å². The molecule has 0 saturated heterocycles. The van der Waals surface area contributed by atoms with E-state index in [9.17, 15) is 0 Å². The number of rotatable bonds is 4. The molecule has 4 heteroatoms. The zero-order valence-corrected chi connectivity index (χ0v) is 9.82. The van der Waals surface area contributed by atoms with Gasteiger partial charge in [-0.25, -0.2) is 4.68 Å². The Kier molecular flexibility index (Phi) is 2.78. The second kappa shape index (κ2) is 3.93. The van der Waals surface area contributed by atoms with Crippen molar-refractivity contribution in [1.29, 1.82) is 0 Å². The minimum Gasteiger partial charge on any atom is -0.308 e. The Morgan fingerprint density at radius 3 is 2.93 bits per heavy atom. The molecule has 4 nitrogen and oxygen atoms in total. The maximum Gasteiger partial charge on any atom is 0.0738 e. The average molecular weight is 208 g/mol. The highest BCUT2D eigenvalue weighted by Crippen LogP contribution is 2.39. The molecule has 0 aliphatic heterocycles. The summed E-state index contributed by atoms with van der Waals surface area (Å²) in [6, 6.07) is 0.651. The second-order valence-electron chi connectivity index (χ2n) is 5.00. The topological polar surface area (TPSA) is 42.7 Å². The number of nitrogens with zero attached hydrogens (tertiary/aromatic N) is 3. The monoisotopic (exact) mass is 208 g/mol. The van der Waals surface area contributed by atoms with Crippen molar-refractivity contribution in [2.45, 2.75) is 52.7 Å². The zero-order chi connectivity index (χ0) is 10.9. The highest BCUT2D eigenvalue weighted by molar-refractivity contribution is 4.98. The van der Waals surface area contributed by atoms with Crippen molar-refractivity contribution in [2.75, 3.05) is 0 Å². The van der Waals surface area contributed by atoms with E-state index >= 15 is 0 Å². The van der Waals surface area contributed by atoms with Crippen LogP contribution in [-0.2, 0) is 13.1 Å². The van der Waals surface area contributed by atoms with Gasteiger partial charge in [0.15, 0.2) is 0 Å². The van der Waals surface area contributed by atoms with Crippen molar-refractivity contribution in [3.63, 3.8) is 0 Å². The molecule has 1 saturated carbocycles. The van der Waals surface area contributed by atoms with Gasteiger partial charge in [-0.05, 0) is 25.2 Å². The standard InChI is InChI=1S/C11H20N4/c1-4-15-9(8-13-14-15)7-12-10-5-6-11(10,2)3/h8,10,12H,4-7H2,1-3H3. The molecule has 0 bridgehead atoms. The molecule has 1 N–H and O–H groups in total. The van der Waals surface area contributed by atoms with Crippen LogP contribution in [0.15, 0.2) is 6.20 Å². The first-order valence-corrected chi connectivity index (χ1v) is 5.74. The van der Waals surface area contributed by atoms with Gasteiger partial charge < -0.3 is 5.32 Å². The molecule has 1 aliphatic carbocycles. The van der Waals surface area contributed by atoms with Gasteiger partial charge in [-0.2, -0.15) is 0 Å². The van der Waals surface area contributed by atoms with Crippen molar-refractivity contribution >= 4 is 0 Å². The molecule has 15 heavy (non-hydrogen) atoms. The van der Waals surface area contributed by atoms with E-state index in [-0.39, 0.29) is 0 Å². The SMILES string of the molecule is CCn1nncc1CNC1CCC1(C)C. The van der Waals surface area contributed by atoms with E-state index in [1.54, 1.807) is 0 Å². The number of hydrogen-bond donors (Lipinski definition) is 1. The Bertz CT molecular complexity index is 329. The summed E-state index contributed by atoms with van der Waals surface area (Å²) in [6.45, 7) is 8.51. The first-order valence-electron chi connectivity index (χ1n) is 5.74. The average Bonchev–Trinajstić information content (AvgIpc) is 2.64. The van der Waals surface area contributed by atoms with Crippen LogP contribution in [0.1, 0.15) is 39.3 Å². The van der Waals surface area contributed by atoms with Gasteiger partial charge in [0, 0.05) is 19.1 Å². The van der Waals surface area contributed by atoms with Gasteiger partial charge in [-0.15, -0.1) is 5.10 Å². The molecular weight excluding hydrogens is 188 g/mol. The molecule has 0 aromatic carbocycles. The third-order valence-corrected chi connectivity index (χ3v) is 3.55. The lowest BCUT2D eigenvalue weighted by atomic mass is 9.67. The third-order valence-electron chi connectivity index (χ3n) is 3.55. The van der Waals surface area contributed by atoms with Gasteiger partial charge in [0.1, 0.15) is 0 Å².